The monoisotopic (exact) mass is 355 g/mol. The van der Waals surface area contributed by atoms with E-state index in [4.69, 9.17) is 22.2 Å². The molecule has 2 N–H and O–H groups in total. The highest BCUT2D eigenvalue weighted by Crippen LogP contribution is 2.30. The number of alkyl halides is 2. The Hall–Kier alpha value is -2.81. The highest BCUT2D eigenvalue weighted by molar-refractivity contribution is 6.32. The number of benzene rings is 1. The van der Waals surface area contributed by atoms with Gasteiger partial charge in [0.25, 0.3) is 0 Å². The van der Waals surface area contributed by atoms with E-state index in [1.807, 2.05) is 0 Å². The van der Waals surface area contributed by atoms with Crippen molar-refractivity contribution in [3.63, 3.8) is 0 Å². The van der Waals surface area contributed by atoms with Crippen molar-refractivity contribution in [3.05, 3.63) is 41.7 Å². The first kappa shape index (κ1) is 17.5. The fourth-order valence-corrected chi connectivity index (χ4v) is 1.68. The van der Waals surface area contributed by atoms with E-state index in [0.717, 1.165) is 0 Å². The average Bonchev–Trinajstić information content (AvgIpc) is 2.58. The molecular formula is C14H12ClF2N5O2. The normalized spacial score (nSPS) is 11.9. The molecule has 0 spiro atoms. The molecule has 0 amide bonds. The molecule has 1 aromatic carbocycles. The lowest BCUT2D eigenvalue weighted by atomic mass is 10.3. The van der Waals surface area contributed by atoms with Crippen LogP contribution in [-0.4, -0.2) is 35.1 Å². The number of aliphatic imine (C=N–C) groups is 1. The second-order valence-corrected chi connectivity index (χ2v) is 4.60. The van der Waals surface area contributed by atoms with Gasteiger partial charge in [0.1, 0.15) is 18.1 Å². The Labute approximate surface area is 140 Å². The highest BCUT2D eigenvalue weighted by atomic mass is 35.5. The fourth-order valence-electron chi connectivity index (χ4n) is 1.51. The van der Waals surface area contributed by atoms with Gasteiger partial charge >= 0.3 is 12.6 Å². The molecule has 1 aromatic heterocycles. The molecule has 126 valence electrons. The van der Waals surface area contributed by atoms with Gasteiger partial charge in [-0.3, -0.25) is 4.99 Å². The van der Waals surface area contributed by atoms with Crippen molar-refractivity contribution in [3.8, 4) is 11.8 Å². The van der Waals surface area contributed by atoms with E-state index in [0.29, 0.717) is 5.69 Å². The van der Waals surface area contributed by atoms with Crippen molar-refractivity contribution in [2.45, 2.75) is 6.61 Å². The van der Waals surface area contributed by atoms with Crippen LogP contribution >= 0.6 is 11.6 Å². The summed E-state index contributed by atoms with van der Waals surface area (Å²) >= 11 is 5.76. The molecule has 2 aromatic rings. The minimum atomic E-state index is -2.98. The molecule has 0 fully saturated rings. The molecule has 0 aliphatic rings. The van der Waals surface area contributed by atoms with Crippen LogP contribution in [0.4, 0.5) is 14.5 Å². The molecule has 0 atom stereocenters. The van der Waals surface area contributed by atoms with Crippen molar-refractivity contribution < 1.29 is 18.3 Å². The van der Waals surface area contributed by atoms with Crippen LogP contribution in [-0.2, 0) is 0 Å². The van der Waals surface area contributed by atoms with E-state index in [2.05, 4.69) is 24.8 Å². The predicted octanol–water partition coefficient (Wildman–Crippen LogP) is 2.83. The molecule has 0 bridgehead atoms. The maximum Gasteiger partial charge on any atom is 0.387 e. The third kappa shape index (κ3) is 5.43. The summed E-state index contributed by atoms with van der Waals surface area (Å²) in [7, 11) is 0. The number of nitrogens with two attached hydrogens (primary N) is 1. The largest absolute Gasteiger partial charge is 0.457 e. The summed E-state index contributed by atoms with van der Waals surface area (Å²) in [5.41, 5.74) is 0.612. The van der Waals surface area contributed by atoms with Gasteiger partial charge in [0.05, 0.1) is 16.9 Å². The van der Waals surface area contributed by atoms with Crippen molar-refractivity contribution in [2.24, 2.45) is 15.9 Å². The van der Waals surface area contributed by atoms with E-state index in [-0.39, 0.29) is 29.1 Å². The van der Waals surface area contributed by atoms with E-state index in [9.17, 15) is 8.78 Å². The summed E-state index contributed by atoms with van der Waals surface area (Å²) in [5.74, 6) is 5.07. The fraction of sp³-hybridized carbons (Fsp3) is 0.143. The van der Waals surface area contributed by atoms with Crippen LogP contribution in [0.2, 0.25) is 5.02 Å². The Morgan fingerprint density at radius 3 is 2.75 bits per heavy atom. The van der Waals surface area contributed by atoms with Crippen molar-refractivity contribution in [1.82, 2.24) is 9.97 Å². The van der Waals surface area contributed by atoms with Crippen molar-refractivity contribution in [2.75, 3.05) is 6.61 Å². The van der Waals surface area contributed by atoms with E-state index in [1.165, 1.54) is 36.8 Å². The molecule has 0 aliphatic heterocycles. The lowest BCUT2D eigenvalue weighted by Crippen LogP contribution is -2.15. The third-order valence-corrected chi connectivity index (χ3v) is 2.86. The van der Waals surface area contributed by atoms with Crippen LogP contribution in [0.3, 0.4) is 0 Å². The summed E-state index contributed by atoms with van der Waals surface area (Å²) < 4.78 is 34.1. The van der Waals surface area contributed by atoms with Gasteiger partial charge in [0.2, 0.25) is 0 Å². The summed E-state index contributed by atoms with van der Waals surface area (Å²) in [6.07, 6.45) is 4.36. The number of nitrogens with zero attached hydrogens (tertiary/aromatic N) is 4. The average molecular weight is 356 g/mol. The molecule has 0 aliphatic carbocycles. The molecule has 0 unspecified atom stereocenters. The van der Waals surface area contributed by atoms with Gasteiger partial charge in [-0.25, -0.2) is 9.97 Å². The zero-order valence-corrected chi connectivity index (χ0v) is 12.9. The standard InChI is InChI=1S/C14H12ClF2N5O2/c15-11-3-2-9(6-12(11)24-13(16)17)21-7-10(22-18)8-23-14-19-4-1-5-20-14/h1-7,13H,8,18H2. The number of hydrazone groups is 1. The number of hydrogen-bond donors (Lipinski definition) is 1. The number of aromatic nitrogens is 2. The Bertz CT molecular complexity index is 728. The van der Waals surface area contributed by atoms with Crippen LogP contribution in [0.25, 0.3) is 0 Å². The van der Waals surface area contributed by atoms with Crippen molar-refractivity contribution >= 4 is 29.2 Å². The molecule has 0 radical (unpaired) electrons. The molecule has 0 saturated carbocycles. The first-order valence-electron chi connectivity index (χ1n) is 6.53. The van der Waals surface area contributed by atoms with Crippen LogP contribution in [0.1, 0.15) is 0 Å². The maximum absolute atomic E-state index is 12.3. The lowest BCUT2D eigenvalue weighted by molar-refractivity contribution is -0.0497. The molecule has 1 heterocycles. The highest BCUT2D eigenvalue weighted by Gasteiger charge is 2.09. The lowest BCUT2D eigenvalue weighted by Gasteiger charge is -2.07. The third-order valence-electron chi connectivity index (χ3n) is 2.55. The summed E-state index contributed by atoms with van der Waals surface area (Å²) in [4.78, 5) is 11.8. The molecule has 7 nitrogen and oxygen atoms in total. The molecule has 24 heavy (non-hydrogen) atoms. The minimum Gasteiger partial charge on any atom is -0.457 e. The van der Waals surface area contributed by atoms with Gasteiger partial charge < -0.3 is 15.3 Å². The minimum absolute atomic E-state index is 0.0159. The smallest absolute Gasteiger partial charge is 0.387 e. The molecule has 10 heteroatoms. The second-order valence-electron chi connectivity index (χ2n) is 4.19. The number of rotatable bonds is 7. The summed E-state index contributed by atoms with van der Waals surface area (Å²) in [6, 6.07) is 5.98. The molecule has 2 rings (SSSR count). The second kappa shape index (κ2) is 8.73. The van der Waals surface area contributed by atoms with Crippen LogP contribution in [0.15, 0.2) is 46.8 Å². The zero-order valence-electron chi connectivity index (χ0n) is 12.1. The van der Waals surface area contributed by atoms with Gasteiger partial charge in [-0.05, 0) is 18.2 Å². The maximum atomic E-state index is 12.3. The Balaban J connectivity index is 2.02. The van der Waals surface area contributed by atoms with E-state index >= 15 is 0 Å². The quantitative estimate of drug-likeness (QED) is 0.468. The van der Waals surface area contributed by atoms with Gasteiger partial charge in [0.15, 0.2) is 0 Å². The van der Waals surface area contributed by atoms with Gasteiger partial charge in [-0.2, -0.15) is 13.9 Å². The summed E-state index contributed by atoms with van der Waals surface area (Å²) in [5, 5.41) is 3.56. The van der Waals surface area contributed by atoms with E-state index in [1.54, 1.807) is 6.07 Å². The first-order chi connectivity index (χ1) is 11.6. The van der Waals surface area contributed by atoms with Crippen LogP contribution in [0, 0.1) is 0 Å². The van der Waals surface area contributed by atoms with Gasteiger partial charge in [-0.15, -0.1) is 0 Å². The zero-order chi connectivity index (χ0) is 17.4. The Kier molecular flexibility index (Phi) is 6.38. The molecular weight excluding hydrogens is 344 g/mol. The SMILES string of the molecule is NN=C(C=Nc1ccc(Cl)c(OC(F)F)c1)COc1ncccn1. The molecule has 0 saturated heterocycles. The van der Waals surface area contributed by atoms with E-state index < -0.39 is 6.61 Å². The topological polar surface area (TPSA) is 95.0 Å². The van der Waals surface area contributed by atoms with Crippen LogP contribution in [0.5, 0.6) is 11.8 Å². The summed E-state index contributed by atoms with van der Waals surface area (Å²) in [6.45, 7) is -3.00. The number of ether oxygens (including phenoxy) is 2. The number of halogens is 3. The predicted molar refractivity (Wildman–Crippen MR) is 85.4 cm³/mol. The van der Waals surface area contributed by atoms with Gasteiger partial charge in [0, 0.05) is 18.5 Å². The van der Waals surface area contributed by atoms with Gasteiger partial charge in [-0.1, -0.05) is 11.6 Å². The first-order valence-corrected chi connectivity index (χ1v) is 6.91. The van der Waals surface area contributed by atoms with Crippen molar-refractivity contribution in [1.29, 1.82) is 0 Å². The number of hydrogen-bond acceptors (Lipinski definition) is 7. The van der Waals surface area contributed by atoms with Crippen LogP contribution < -0.4 is 15.3 Å². The Morgan fingerprint density at radius 2 is 2.08 bits per heavy atom. The Morgan fingerprint density at radius 1 is 1.33 bits per heavy atom.